The monoisotopic (exact) mass is 146 g/mol. The predicted molar refractivity (Wildman–Crippen MR) is 42.0 cm³/mol. The molecule has 1 atom stereocenters. The van der Waals surface area contributed by atoms with Crippen LogP contribution < -0.4 is 0 Å². The molecule has 2 nitrogen and oxygen atoms in total. The van der Waals surface area contributed by atoms with E-state index < -0.39 is 0 Å². The van der Waals surface area contributed by atoms with Crippen molar-refractivity contribution in [2.75, 3.05) is 13.2 Å². The van der Waals surface area contributed by atoms with Crippen molar-refractivity contribution >= 4 is 0 Å². The van der Waals surface area contributed by atoms with Gasteiger partial charge in [-0.1, -0.05) is 13.3 Å². The first-order valence-electron chi connectivity index (χ1n) is 4.07. The Hall–Kier alpha value is -0.0800. The zero-order valence-electron chi connectivity index (χ0n) is 6.97. The lowest BCUT2D eigenvalue weighted by Crippen LogP contribution is -2.14. The summed E-state index contributed by atoms with van der Waals surface area (Å²) in [4.78, 5) is 0. The molecule has 0 aromatic carbocycles. The van der Waals surface area contributed by atoms with Crippen LogP contribution in [0.15, 0.2) is 0 Å². The molecule has 0 aromatic rings. The first-order chi connectivity index (χ1) is 4.85. The van der Waals surface area contributed by atoms with E-state index in [0.29, 0.717) is 0 Å². The van der Waals surface area contributed by atoms with Crippen molar-refractivity contribution in [1.29, 1.82) is 0 Å². The first kappa shape index (κ1) is 9.92. The van der Waals surface area contributed by atoms with E-state index in [9.17, 15) is 0 Å². The van der Waals surface area contributed by atoms with E-state index in [2.05, 4.69) is 6.92 Å². The number of aliphatic hydroxyl groups excluding tert-OH is 1. The molecule has 0 amide bonds. The van der Waals surface area contributed by atoms with Gasteiger partial charge in [0, 0.05) is 13.2 Å². The van der Waals surface area contributed by atoms with Gasteiger partial charge < -0.3 is 9.84 Å². The van der Waals surface area contributed by atoms with E-state index in [1.165, 1.54) is 0 Å². The van der Waals surface area contributed by atoms with Gasteiger partial charge in [-0.2, -0.15) is 0 Å². The maximum absolute atomic E-state index is 8.61. The number of ether oxygens (including phenoxy) is 1. The fourth-order valence-corrected chi connectivity index (χ4v) is 1.01. The molecule has 0 heterocycles. The zero-order chi connectivity index (χ0) is 7.82. The lowest BCUT2D eigenvalue weighted by molar-refractivity contribution is 0.0380. The van der Waals surface area contributed by atoms with Crippen molar-refractivity contribution in [3.63, 3.8) is 0 Å². The predicted octanol–water partition coefficient (Wildman–Crippen LogP) is 1.57. The van der Waals surface area contributed by atoms with Gasteiger partial charge in [0.15, 0.2) is 0 Å². The Morgan fingerprint density at radius 3 is 2.40 bits per heavy atom. The summed E-state index contributed by atoms with van der Waals surface area (Å²) in [6.45, 7) is 5.11. The Bertz CT molecular complexity index is 50.0. The molecule has 2 heteroatoms. The molecule has 62 valence electrons. The van der Waals surface area contributed by atoms with Crippen LogP contribution in [0.1, 0.15) is 33.1 Å². The highest BCUT2D eigenvalue weighted by atomic mass is 16.5. The molecular formula is C8H18O2. The highest BCUT2D eigenvalue weighted by Gasteiger charge is 2.04. The van der Waals surface area contributed by atoms with Crippen LogP contribution in [0.4, 0.5) is 0 Å². The van der Waals surface area contributed by atoms with Gasteiger partial charge in [0.05, 0.1) is 6.10 Å². The average molecular weight is 146 g/mol. The number of aliphatic hydroxyl groups is 1. The van der Waals surface area contributed by atoms with Crippen LogP contribution in [-0.2, 0) is 4.74 Å². The molecule has 0 fully saturated rings. The van der Waals surface area contributed by atoms with Gasteiger partial charge >= 0.3 is 0 Å². The SMILES string of the molecule is CCCC(CCO)OCC. The Labute approximate surface area is 63.2 Å². The quantitative estimate of drug-likeness (QED) is 0.616. The van der Waals surface area contributed by atoms with Crippen LogP contribution in [0.5, 0.6) is 0 Å². The molecule has 10 heavy (non-hydrogen) atoms. The summed E-state index contributed by atoms with van der Waals surface area (Å²) in [5.41, 5.74) is 0. The van der Waals surface area contributed by atoms with E-state index >= 15 is 0 Å². The van der Waals surface area contributed by atoms with Crippen molar-refractivity contribution in [1.82, 2.24) is 0 Å². The summed E-state index contributed by atoms with van der Waals surface area (Å²) in [5, 5.41) is 8.61. The summed E-state index contributed by atoms with van der Waals surface area (Å²) in [5.74, 6) is 0. The van der Waals surface area contributed by atoms with Crippen molar-refractivity contribution in [2.45, 2.75) is 39.2 Å². The largest absolute Gasteiger partial charge is 0.396 e. The molecule has 0 bridgehead atoms. The zero-order valence-corrected chi connectivity index (χ0v) is 6.97. The topological polar surface area (TPSA) is 29.5 Å². The molecule has 0 radical (unpaired) electrons. The van der Waals surface area contributed by atoms with E-state index in [0.717, 1.165) is 25.9 Å². The Kier molecular flexibility index (Phi) is 6.98. The molecule has 0 aromatic heterocycles. The Morgan fingerprint density at radius 1 is 1.30 bits per heavy atom. The fourth-order valence-electron chi connectivity index (χ4n) is 1.01. The third-order valence-corrected chi connectivity index (χ3v) is 1.46. The minimum atomic E-state index is 0.241. The molecule has 1 N–H and O–H groups in total. The van der Waals surface area contributed by atoms with Crippen LogP contribution in [0, 0.1) is 0 Å². The second kappa shape index (κ2) is 7.03. The van der Waals surface area contributed by atoms with Crippen molar-refractivity contribution in [3.05, 3.63) is 0 Å². The highest BCUT2D eigenvalue weighted by Crippen LogP contribution is 2.05. The number of hydrogen-bond acceptors (Lipinski definition) is 2. The smallest absolute Gasteiger partial charge is 0.0596 e. The van der Waals surface area contributed by atoms with Gasteiger partial charge in [-0.05, 0) is 19.8 Å². The molecule has 0 saturated heterocycles. The van der Waals surface area contributed by atoms with Crippen LogP contribution in [0.2, 0.25) is 0 Å². The van der Waals surface area contributed by atoms with Gasteiger partial charge in [0.1, 0.15) is 0 Å². The molecule has 0 rings (SSSR count). The van der Waals surface area contributed by atoms with Crippen LogP contribution in [0.3, 0.4) is 0 Å². The van der Waals surface area contributed by atoms with Crippen molar-refractivity contribution < 1.29 is 9.84 Å². The second-order valence-corrected chi connectivity index (χ2v) is 2.38. The summed E-state index contributed by atoms with van der Waals surface area (Å²) in [6.07, 6.45) is 3.25. The van der Waals surface area contributed by atoms with Gasteiger partial charge in [-0.15, -0.1) is 0 Å². The summed E-state index contributed by atoms with van der Waals surface area (Å²) in [7, 11) is 0. The molecule has 0 aliphatic carbocycles. The first-order valence-corrected chi connectivity index (χ1v) is 4.07. The minimum Gasteiger partial charge on any atom is -0.396 e. The van der Waals surface area contributed by atoms with E-state index in [4.69, 9.17) is 9.84 Å². The maximum atomic E-state index is 8.61. The lowest BCUT2D eigenvalue weighted by atomic mass is 10.1. The standard InChI is InChI=1S/C8H18O2/c1-3-5-8(6-7-9)10-4-2/h8-9H,3-7H2,1-2H3. The summed E-state index contributed by atoms with van der Waals surface area (Å²) >= 11 is 0. The molecule has 0 spiro atoms. The van der Waals surface area contributed by atoms with Crippen molar-refractivity contribution in [2.24, 2.45) is 0 Å². The minimum absolute atomic E-state index is 0.241. The fraction of sp³-hybridized carbons (Fsp3) is 1.00. The number of rotatable bonds is 6. The normalized spacial score (nSPS) is 13.5. The van der Waals surface area contributed by atoms with Gasteiger partial charge in [0.2, 0.25) is 0 Å². The molecule has 0 aliphatic rings. The van der Waals surface area contributed by atoms with E-state index in [1.54, 1.807) is 0 Å². The van der Waals surface area contributed by atoms with Gasteiger partial charge in [-0.3, -0.25) is 0 Å². The van der Waals surface area contributed by atoms with E-state index in [-0.39, 0.29) is 12.7 Å². The van der Waals surface area contributed by atoms with Gasteiger partial charge in [0.25, 0.3) is 0 Å². The number of hydrogen-bond donors (Lipinski definition) is 1. The van der Waals surface area contributed by atoms with Gasteiger partial charge in [-0.25, -0.2) is 0 Å². The summed E-state index contributed by atoms with van der Waals surface area (Å²) < 4.78 is 5.36. The molecular weight excluding hydrogens is 128 g/mol. The Morgan fingerprint density at radius 2 is 2.00 bits per heavy atom. The van der Waals surface area contributed by atoms with Crippen LogP contribution in [-0.4, -0.2) is 24.4 Å². The maximum Gasteiger partial charge on any atom is 0.0596 e. The van der Waals surface area contributed by atoms with E-state index in [1.807, 2.05) is 6.92 Å². The van der Waals surface area contributed by atoms with Crippen molar-refractivity contribution in [3.8, 4) is 0 Å². The molecule has 1 unspecified atom stereocenters. The summed E-state index contributed by atoms with van der Waals surface area (Å²) in [6, 6.07) is 0. The van der Waals surface area contributed by atoms with Crippen LogP contribution in [0.25, 0.3) is 0 Å². The molecule has 0 aliphatic heterocycles. The molecule has 0 saturated carbocycles. The lowest BCUT2D eigenvalue weighted by Gasteiger charge is -2.13. The second-order valence-electron chi connectivity index (χ2n) is 2.38. The third kappa shape index (κ3) is 4.77. The highest BCUT2D eigenvalue weighted by molar-refractivity contribution is 4.55. The van der Waals surface area contributed by atoms with Crippen LogP contribution >= 0.6 is 0 Å². The third-order valence-electron chi connectivity index (χ3n) is 1.46. The average Bonchev–Trinajstić information content (AvgIpc) is 1.90. The Balaban J connectivity index is 3.30.